The van der Waals surface area contributed by atoms with Gasteiger partial charge in [-0.3, -0.25) is 4.79 Å². The van der Waals surface area contributed by atoms with Crippen LogP contribution in [-0.4, -0.2) is 65.1 Å². The van der Waals surface area contributed by atoms with Crippen LogP contribution in [0.5, 0.6) is 0 Å². The Labute approximate surface area is 203 Å². The van der Waals surface area contributed by atoms with E-state index in [1.165, 1.54) is 19.3 Å². The highest BCUT2D eigenvalue weighted by Gasteiger charge is 2.51. The number of anilines is 1. The minimum absolute atomic E-state index is 0.00789. The summed E-state index contributed by atoms with van der Waals surface area (Å²) in [6.07, 6.45) is 7.85. The first-order valence-corrected chi connectivity index (χ1v) is 13.2. The summed E-state index contributed by atoms with van der Waals surface area (Å²) in [5.74, 6) is 4.61. The zero-order valence-corrected chi connectivity index (χ0v) is 21.0. The van der Waals surface area contributed by atoms with Crippen molar-refractivity contribution in [2.24, 2.45) is 17.8 Å². The van der Waals surface area contributed by atoms with Crippen LogP contribution >= 0.6 is 0 Å². The normalized spacial score (nSPS) is 30.1. The van der Waals surface area contributed by atoms with Gasteiger partial charge in [0.15, 0.2) is 0 Å². The van der Waals surface area contributed by atoms with Crippen LogP contribution in [0.3, 0.4) is 0 Å². The lowest BCUT2D eigenvalue weighted by Crippen LogP contribution is -2.61. The van der Waals surface area contributed by atoms with Crippen molar-refractivity contribution in [3.63, 3.8) is 0 Å². The van der Waals surface area contributed by atoms with Crippen molar-refractivity contribution >= 4 is 17.8 Å². The highest BCUT2D eigenvalue weighted by Crippen LogP contribution is 2.55. The van der Waals surface area contributed by atoms with Crippen molar-refractivity contribution in [1.82, 2.24) is 25.5 Å². The first-order valence-electron chi connectivity index (χ1n) is 13.2. The van der Waals surface area contributed by atoms with Gasteiger partial charge in [0.25, 0.3) is 0 Å². The lowest BCUT2D eigenvalue weighted by Gasteiger charge is -2.56. The van der Waals surface area contributed by atoms with E-state index in [9.17, 15) is 9.59 Å². The number of nitrogens with zero attached hydrogens (tertiary/aromatic N) is 4. The molecule has 0 atom stereocenters. The maximum atomic E-state index is 12.7. The quantitative estimate of drug-likeness (QED) is 0.669. The van der Waals surface area contributed by atoms with Gasteiger partial charge in [-0.05, 0) is 63.2 Å². The molecule has 0 aromatic carbocycles. The Hall–Kier alpha value is -2.38. The van der Waals surface area contributed by atoms with Gasteiger partial charge in [-0.15, -0.1) is 0 Å². The number of carbonyl (C=O) groups is 2. The van der Waals surface area contributed by atoms with Gasteiger partial charge < -0.3 is 20.4 Å². The first-order chi connectivity index (χ1) is 16.3. The molecule has 1 saturated heterocycles. The first kappa shape index (κ1) is 23.4. The molecule has 4 bridgehead atoms. The van der Waals surface area contributed by atoms with E-state index in [-0.39, 0.29) is 23.4 Å². The average molecular weight is 469 g/mol. The van der Waals surface area contributed by atoms with E-state index in [4.69, 9.17) is 4.98 Å². The van der Waals surface area contributed by atoms with Gasteiger partial charge in [-0.2, -0.15) is 0 Å². The van der Waals surface area contributed by atoms with Crippen molar-refractivity contribution in [3.8, 4) is 0 Å². The SMILES string of the molecule is Cc1cc(N2CCN(C(=O)CCNC(=O)NC34CC5CC(CC(C5)C3)C4)CC2)nc(C(C)C)n1. The Morgan fingerprint density at radius 1 is 1.03 bits per heavy atom. The number of hydrogen-bond acceptors (Lipinski definition) is 5. The third-order valence-electron chi connectivity index (χ3n) is 8.37. The zero-order valence-electron chi connectivity index (χ0n) is 21.0. The van der Waals surface area contributed by atoms with E-state index >= 15 is 0 Å². The molecule has 186 valence electrons. The van der Waals surface area contributed by atoms with Crippen molar-refractivity contribution in [2.75, 3.05) is 37.6 Å². The molecule has 2 heterocycles. The average Bonchev–Trinajstić information content (AvgIpc) is 2.77. The highest BCUT2D eigenvalue weighted by atomic mass is 16.2. The standard InChI is InChI=1S/C26H40N6O2/c1-17(2)24-28-18(3)10-22(29-24)31-6-8-32(9-7-31)23(33)4-5-27-25(34)30-26-14-19-11-20(15-26)13-21(12-19)16-26/h10,17,19-21H,4-9,11-16H2,1-3H3,(H2,27,30,34). The van der Waals surface area contributed by atoms with Gasteiger partial charge in [0.2, 0.25) is 5.91 Å². The number of carbonyl (C=O) groups excluding carboxylic acids is 2. The van der Waals surface area contributed by atoms with E-state index in [1.807, 2.05) is 17.9 Å². The van der Waals surface area contributed by atoms with Gasteiger partial charge in [-0.1, -0.05) is 13.8 Å². The molecule has 2 N–H and O–H groups in total. The van der Waals surface area contributed by atoms with Crippen LogP contribution in [0.15, 0.2) is 6.07 Å². The third-order valence-corrected chi connectivity index (χ3v) is 8.37. The van der Waals surface area contributed by atoms with Crippen molar-refractivity contribution < 1.29 is 9.59 Å². The minimum atomic E-state index is -0.0975. The van der Waals surface area contributed by atoms with E-state index in [0.29, 0.717) is 26.1 Å². The smallest absolute Gasteiger partial charge is 0.315 e. The second-order valence-electron chi connectivity index (χ2n) is 11.6. The molecule has 4 saturated carbocycles. The van der Waals surface area contributed by atoms with Gasteiger partial charge in [0.05, 0.1) is 0 Å². The van der Waals surface area contributed by atoms with E-state index in [0.717, 1.165) is 67.4 Å². The number of hydrogen-bond donors (Lipinski definition) is 2. The zero-order chi connectivity index (χ0) is 23.9. The molecule has 1 aliphatic heterocycles. The van der Waals surface area contributed by atoms with Crippen LogP contribution < -0.4 is 15.5 Å². The molecule has 4 aliphatic carbocycles. The molecule has 5 fully saturated rings. The summed E-state index contributed by atoms with van der Waals surface area (Å²) in [5, 5.41) is 6.29. The Morgan fingerprint density at radius 2 is 1.65 bits per heavy atom. The number of nitrogens with one attached hydrogen (secondary N) is 2. The van der Waals surface area contributed by atoms with Crippen LogP contribution in [0.25, 0.3) is 0 Å². The van der Waals surface area contributed by atoms with E-state index in [2.05, 4.69) is 34.4 Å². The van der Waals surface area contributed by atoms with Crippen LogP contribution in [0.1, 0.15) is 76.2 Å². The van der Waals surface area contributed by atoms with Gasteiger partial charge in [0, 0.05) is 62.4 Å². The van der Waals surface area contributed by atoms with Crippen LogP contribution in [0, 0.1) is 24.7 Å². The summed E-state index contributed by atoms with van der Waals surface area (Å²) in [6, 6.07) is 1.93. The summed E-state index contributed by atoms with van der Waals surface area (Å²) >= 11 is 0. The van der Waals surface area contributed by atoms with Crippen LogP contribution in [0.4, 0.5) is 10.6 Å². The molecule has 6 rings (SSSR count). The fraction of sp³-hybridized carbons (Fsp3) is 0.769. The summed E-state index contributed by atoms with van der Waals surface area (Å²) in [6.45, 7) is 9.48. The van der Waals surface area contributed by atoms with Gasteiger partial charge in [-0.25, -0.2) is 14.8 Å². The van der Waals surface area contributed by atoms with Crippen molar-refractivity contribution in [2.45, 2.75) is 77.2 Å². The lowest BCUT2D eigenvalue weighted by atomic mass is 9.53. The number of piperazine rings is 1. The van der Waals surface area contributed by atoms with Crippen LogP contribution in [-0.2, 0) is 4.79 Å². The molecule has 0 radical (unpaired) electrons. The Bertz CT molecular complexity index is 889. The molecule has 1 aromatic heterocycles. The Kier molecular flexibility index (Phi) is 6.42. The Balaban J connectivity index is 1.05. The maximum absolute atomic E-state index is 12.7. The molecule has 8 heteroatoms. The second-order valence-corrected chi connectivity index (χ2v) is 11.6. The topological polar surface area (TPSA) is 90.5 Å². The summed E-state index contributed by atoms with van der Waals surface area (Å²) < 4.78 is 0. The van der Waals surface area contributed by atoms with Crippen molar-refractivity contribution in [1.29, 1.82) is 0 Å². The predicted molar refractivity (Wildman–Crippen MR) is 132 cm³/mol. The predicted octanol–water partition coefficient (Wildman–Crippen LogP) is 3.22. The van der Waals surface area contributed by atoms with Crippen LogP contribution in [0.2, 0.25) is 0 Å². The fourth-order valence-corrected chi connectivity index (χ4v) is 7.17. The molecule has 1 aromatic rings. The molecule has 34 heavy (non-hydrogen) atoms. The molecule has 0 unspecified atom stereocenters. The molecule has 0 spiro atoms. The minimum Gasteiger partial charge on any atom is -0.353 e. The summed E-state index contributed by atoms with van der Waals surface area (Å²) in [5.41, 5.74) is 0.985. The fourth-order valence-electron chi connectivity index (χ4n) is 7.17. The maximum Gasteiger partial charge on any atom is 0.315 e. The lowest BCUT2D eigenvalue weighted by molar-refractivity contribution is -0.131. The number of urea groups is 1. The number of amides is 3. The summed E-state index contributed by atoms with van der Waals surface area (Å²) in [4.78, 5) is 38.8. The molecule has 3 amide bonds. The number of aryl methyl sites for hydroxylation is 1. The van der Waals surface area contributed by atoms with Gasteiger partial charge in [0.1, 0.15) is 11.6 Å². The van der Waals surface area contributed by atoms with E-state index in [1.54, 1.807) is 0 Å². The molecular formula is C26H40N6O2. The molecule has 8 nitrogen and oxygen atoms in total. The Morgan fingerprint density at radius 3 is 2.24 bits per heavy atom. The van der Waals surface area contributed by atoms with Gasteiger partial charge >= 0.3 is 6.03 Å². The third kappa shape index (κ3) is 5.01. The molecular weight excluding hydrogens is 428 g/mol. The summed E-state index contributed by atoms with van der Waals surface area (Å²) in [7, 11) is 0. The largest absolute Gasteiger partial charge is 0.353 e. The van der Waals surface area contributed by atoms with Crippen molar-refractivity contribution in [3.05, 3.63) is 17.6 Å². The second kappa shape index (κ2) is 9.34. The highest BCUT2D eigenvalue weighted by molar-refractivity contribution is 5.79. The molecule has 5 aliphatic rings. The van der Waals surface area contributed by atoms with E-state index < -0.39 is 0 Å². The number of aromatic nitrogens is 2. The number of rotatable bonds is 6. The monoisotopic (exact) mass is 468 g/mol.